The monoisotopic (exact) mass is 290 g/mol. The van der Waals surface area contributed by atoms with E-state index < -0.39 is 23.3 Å². The van der Waals surface area contributed by atoms with Gasteiger partial charge < -0.3 is 0 Å². The maximum absolute atomic E-state index is 13.6. The van der Waals surface area contributed by atoms with E-state index in [4.69, 9.17) is 0 Å². The van der Waals surface area contributed by atoms with Gasteiger partial charge in [0.05, 0.1) is 6.54 Å². The second kappa shape index (κ2) is 4.38. The first-order valence-corrected chi connectivity index (χ1v) is 6.78. The van der Waals surface area contributed by atoms with Crippen molar-refractivity contribution in [1.29, 1.82) is 0 Å². The average molecular weight is 290 g/mol. The van der Waals surface area contributed by atoms with E-state index in [1.54, 1.807) is 26.0 Å². The Bertz CT molecular complexity index is 656. The van der Waals surface area contributed by atoms with Crippen molar-refractivity contribution >= 4 is 17.8 Å². The second-order valence-corrected chi connectivity index (χ2v) is 5.78. The van der Waals surface area contributed by atoms with Crippen LogP contribution in [0.3, 0.4) is 0 Å². The summed E-state index contributed by atoms with van der Waals surface area (Å²) in [5.41, 5.74) is 0.553. The first kappa shape index (κ1) is 13.7. The van der Waals surface area contributed by atoms with Crippen LogP contribution in [0.2, 0.25) is 0 Å². The smallest absolute Gasteiger partial charge is 0.277 e. The number of rotatable bonds is 2. The summed E-state index contributed by atoms with van der Waals surface area (Å²) in [6.45, 7) is 3.31. The number of imide groups is 2. The molecule has 0 aromatic heterocycles. The van der Waals surface area contributed by atoms with Crippen molar-refractivity contribution < 1.29 is 18.8 Å². The minimum Gasteiger partial charge on any atom is -0.277 e. The lowest BCUT2D eigenvalue weighted by molar-refractivity contribution is -0.145. The second-order valence-electron chi connectivity index (χ2n) is 5.78. The summed E-state index contributed by atoms with van der Waals surface area (Å²) >= 11 is 0. The normalized spacial score (nSPS) is 20.0. The zero-order valence-electron chi connectivity index (χ0n) is 11.8. The zero-order chi connectivity index (χ0) is 15.4. The molecule has 1 heterocycles. The van der Waals surface area contributed by atoms with Gasteiger partial charge in [-0.25, -0.2) is 9.18 Å². The topological polar surface area (TPSA) is 66.5 Å². The van der Waals surface area contributed by atoms with E-state index in [-0.39, 0.29) is 12.4 Å². The molecular weight excluding hydrogens is 275 g/mol. The molecule has 1 aliphatic carbocycles. The van der Waals surface area contributed by atoms with Crippen LogP contribution in [-0.2, 0) is 16.1 Å². The lowest BCUT2D eigenvalue weighted by atomic mass is 10.0. The SMILES string of the molecule is Cc1cc(CN2C(=O)NC(=O)C3(CC3)C2=O)cc(C)c1F. The van der Waals surface area contributed by atoms with Crippen LogP contribution in [0.25, 0.3) is 0 Å². The number of carbonyl (C=O) groups is 3. The molecule has 1 spiro atoms. The van der Waals surface area contributed by atoms with Gasteiger partial charge in [0.2, 0.25) is 11.8 Å². The van der Waals surface area contributed by atoms with Crippen LogP contribution < -0.4 is 5.32 Å². The molecule has 2 fully saturated rings. The molecule has 21 heavy (non-hydrogen) atoms. The minimum absolute atomic E-state index is 0.0433. The molecule has 1 aromatic rings. The van der Waals surface area contributed by atoms with Crippen LogP contribution in [0.15, 0.2) is 12.1 Å². The van der Waals surface area contributed by atoms with E-state index in [9.17, 15) is 18.8 Å². The van der Waals surface area contributed by atoms with Crippen molar-refractivity contribution in [3.63, 3.8) is 0 Å². The Morgan fingerprint density at radius 1 is 1.19 bits per heavy atom. The maximum atomic E-state index is 13.6. The predicted molar refractivity (Wildman–Crippen MR) is 71.6 cm³/mol. The summed E-state index contributed by atoms with van der Waals surface area (Å²) in [5, 5.41) is 2.23. The third-order valence-corrected chi connectivity index (χ3v) is 4.14. The molecule has 1 saturated carbocycles. The Morgan fingerprint density at radius 2 is 1.76 bits per heavy atom. The van der Waals surface area contributed by atoms with Gasteiger partial charge in [0.25, 0.3) is 0 Å². The van der Waals surface area contributed by atoms with Crippen LogP contribution in [-0.4, -0.2) is 22.7 Å². The third-order valence-electron chi connectivity index (χ3n) is 4.14. The fraction of sp³-hybridized carbons (Fsp3) is 0.400. The minimum atomic E-state index is -1.04. The van der Waals surface area contributed by atoms with E-state index in [1.807, 2.05) is 0 Å². The van der Waals surface area contributed by atoms with Crippen molar-refractivity contribution in [2.45, 2.75) is 33.2 Å². The standard InChI is InChI=1S/C15H15FN2O3/c1-8-5-10(6-9(2)11(8)16)7-18-13(20)15(3-4-15)12(19)17-14(18)21/h5-6H,3-4,7H2,1-2H3,(H,17,19,21). The number of hydrogen-bond acceptors (Lipinski definition) is 3. The van der Waals surface area contributed by atoms with E-state index in [2.05, 4.69) is 5.32 Å². The fourth-order valence-electron chi connectivity index (χ4n) is 2.75. The lowest BCUT2D eigenvalue weighted by Crippen LogP contribution is -2.58. The number of halogens is 1. The van der Waals surface area contributed by atoms with Crippen molar-refractivity contribution in [3.8, 4) is 0 Å². The van der Waals surface area contributed by atoms with Crippen LogP contribution in [0.5, 0.6) is 0 Å². The number of barbiturate groups is 1. The van der Waals surface area contributed by atoms with Gasteiger partial charge in [-0.3, -0.25) is 19.8 Å². The Kier molecular flexibility index (Phi) is 2.86. The van der Waals surface area contributed by atoms with Crippen LogP contribution >= 0.6 is 0 Å². The van der Waals surface area contributed by atoms with Gasteiger partial charge >= 0.3 is 6.03 Å². The van der Waals surface area contributed by atoms with E-state index in [0.717, 1.165) is 4.90 Å². The first-order chi connectivity index (χ1) is 9.85. The highest BCUT2D eigenvalue weighted by atomic mass is 19.1. The summed E-state index contributed by atoms with van der Waals surface area (Å²) < 4.78 is 13.6. The summed E-state index contributed by atoms with van der Waals surface area (Å²) in [4.78, 5) is 37.0. The van der Waals surface area contributed by atoms with E-state index in [1.165, 1.54) is 0 Å². The molecule has 3 rings (SSSR count). The van der Waals surface area contributed by atoms with E-state index in [0.29, 0.717) is 29.5 Å². The van der Waals surface area contributed by atoms with Gasteiger partial charge in [0.1, 0.15) is 11.2 Å². The van der Waals surface area contributed by atoms with Gasteiger partial charge in [-0.2, -0.15) is 0 Å². The number of carbonyl (C=O) groups excluding carboxylic acids is 3. The summed E-state index contributed by atoms with van der Waals surface area (Å²) in [7, 11) is 0. The van der Waals surface area contributed by atoms with Gasteiger partial charge in [-0.1, -0.05) is 12.1 Å². The zero-order valence-corrected chi connectivity index (χ0v) is 11.8. The van der Waals surface area contributed by atoms with Crippen LogP contribution in [0.1, 0.15) is 29.5 Å². The molecule has 5 nitrogen and oxygen atoms in total. The Hall–Kier alpha value is -2.24. The van der Waals surface area contributed by atoms with Gasteiger partial charge in [-0.15, -0.1) is 0 Å². The van der Waals surface area contributed by atoms with Gasteiger partial charge in [-0.05, 0) is 43.4 Å². The number of aryl methyl sites for hydroxylation is 2. The number of nitrogens with one attached hydrogen (secondary N) is 1. The highest BCUT2D eigenvalue weighted by Gasteiger charge is 2.62. The van der Waals surface area contributed by atoms with Crippen molar-refractivity contribution in [2.24, 2.45) is 5.41 Å². The van der Waals surface area contributed by atoms with Crippen LogP contribution in [0, 0.1) is 25.1 Å². The molecule has 1 N–H and O–H groups in total. The molecule has 1 aliphatic heterocycles. The van der Waals surface area contributed by atoms with Crippen molar-refractivity contribution in [3.05, 3.63) is 34.6 Å². The Labute approximate surface area is 121 Å². The quantitative estimate of drug-likeness (QED) is 0.845. The molecule has 0 unspecified atom stereocenters. The van der Waals surface area contributed by atoms with Gasteiger partial charge in [0.15, 0.2) is 0 Å². The van der Waals surface area contributed by atoms with E-state index >= 15 is 0 Å². The average Bonchev–Trinajstić information content (AvgIpc) is 3.21. The molecular formula is C15H15FN2O3. The maximum Gasteiger partial charge on any atom is 0.331 e. The third kappa shape index (κ3) is 2.02. The Balaban J connectivity index is 1.89. The van der Waals surface area contributed by atoms with Crippen LogP contribution in [0.4, 0.5) is 9.18 Å². The number of hydrogen-bond donors (Lipinski definition) is 1. The molecule has 110 valence electrons. The molecule has 0 atom stereocenters. The Morgan fingerprint density at radius 3 is 2.29 bits per heavy atom. The number of urea groups is 1. The number of benzene rings is 1. The fourth-order valence-corrected chi connectivity index (χ4v) is 2.75. The van der Waals surface area contributed by atoms with Gasteiger partial charge in [0, 0.05) is 0 Å². The molecule has 0 bridgehead atoms. The largest absolute Gasteiger partial charge is 0.331 e. The summed E-state index contributed by atoms with van der Waals surface area (Å²) in [6.07, 6.45) is 0.950. The molecule has 4 amide bonds. The highest BCUT2D eigenvalue weighted by Crippen LogP contribution is 2.49. The lowest BCUT2D eigenvalue weighted by Gasteiger charge is -2.30. The molecule has 2 aliphatic rings. The molecule has 6 heteroatoms. The van der Waals surface area contributed by atoms with Crippen molar-refractivity contribution in [2.75, 3.05) is 0 Å². The first-order valence-electron chi connectivity index (χ1n) is 6.78. The molecule has 0 radical (unpaired) electrons. The van der Waals surface area contributed by atoms with Crippen molar-refractivity contribution in [1.82, 2.24) is 10.2 Å². The predicted octanol–water partition coefficient (Wildman–Crippen LogP) is 1.80. The summed E-state index contributed by atoms with van der Waals surface area (Å²) in [6, 6.07) is 2.51. The highest BCUT2D eigenvalue weighted by molar-refractivity contribution is 6.20. The number of amides is 4. The molecule has 1 saturated heterocycles. The number of nitrogens with zero attached hydrogens (tertiary/aromatic N) is 1. The molecule has 1 aromatic carbocycles. The summed E-state index contributed by atoms with van der Waals surface area (Å²) in [5.74, 6) is -1.24.